The van der Waals surface area contributed by atoms with E-state index in [2.05, 4.69) is 0 Å². The Morgan fingerprint density at radius 2 is 2.12 bits per heavy atom. The van der Waals surface area contributed by atoms with E-state index >= 15 is 0 Å². The molecule has 1 aromatic rings. The van der Waals surface area contributed by atoms with Crippen molar-refractivity contribution in [1.29, 1.82) is 0 Å². The predicted molar refractivity (Wildman–Crippen MR) is 50.8 cm³/mol. The molecule has 0 radical (unpaired) electrons. The molecule has 0 heterocycles. The molecule has 86 valence electrons. The van der Waals surface area contributed by atoms with Crippen LogP contribution in [0.2, 0.25) is 0 Å². The van der Waals surface area contributed by atoms with E-state index in [1.165, 1.54) is 0 Å². The highest BCUT2D eigenvalue weighted by molar-refractivity contribution is 5.69. The SMILES string of the molecule is O=C(O)CC1(O)CCc2cc(F)cc(F)c21. The third-order valence-corrected chi connectivity index (χ3v) is 2.85. The number of rotatable bonds is 2. The summed E-state index contributed by atoms with van der Waals surface area (Å²) in [4.78, 5) is 10.6. The largest absolute Gasteiger partial charge is 0.481 e. The Bertz CT molecular complexity index is 459. The van der Waals surface area contributed by atoms with Gasteiger partial charge in [0.25, 0.3) is 0 Å². The molecule has 0 saturated carbocycles. The fourth-order valence-electron chi connectivity index (χ4n) is 2.24. The summed E-state index contributed by atoms with van der Waals surface area (Å²) in [6, 6.07) is 1.80. The van der Waals surface area contributed by atoms with Gasteiger partial charge in [-0.2, -0.15) is 0 Å². The predicted octanol–water partition coefficient (Wildman–Crippen LogP) is 1.57. The van der Waals surface area contributed by atoms with E-state index in [1.54, 1.807) is 0 Å². The summed E-state index contributed by atoms with van der Waals surface area (Å²) < 4.78 is 26.4. The van der Waals surface area contributed by atoms with Gasteiger partial charge in [-0.05, 0) is 24.5 Å². The number of aliphatic carboxylic acids is 1. The summed E-state index contributed by atoms with van der Waals surface area (Å²) >= 11 is 0. The summed E-state index contributed by atoms with van der Waals surface area (Å²) in [5, 5.41) is 18.7. The molecule has 16 heavy (non-hydrogen) atoms. The minimum absolute atomic E-state index is 0.0729. The van der Waals surface area contributed by atoms with E-state index in [0.717, 1.165) is 6.07 Å². The second-order valence-electron chi connectivity index (χ2n) is 4.02. The number of aliphatic hydroxyl groups is 1. The third kappa shape index (κ3) is 1.67. The van der Waals surface area contributed by atoms with Crippen molar-refractivity contribution < 1.29 is 23.8 Å². The molecule has 1 aliphatic rings. The van der Waals surface area contributed by atoms with E-state index < -0.39 is 29.6 Å². The van der Waals surface area contributed by atoms with E-state index in [1.807, 2.05) is 0 Å². The second-order valence-corrected chi connectivity index (χ2v) is 4.02. The highest BCUT2D eigenvalue weighted by Crippen LogP contribution is 2.41. The van der Waals surface area contributed by atoms with Gasteiger partial charge in [0.1, 0.15) is 17.2 Å². The lowest BCUT2D eigenvalue weighted by atomic mass is 9.92. The minimum atomic E-state index is -1.71. The molecule has 1 aromatic carbocycles. The number of benzene rings is 1. The van der Waals surface area contributed by atoms with E-state index in [-0.39, 0.29) is 18.4 Å². The second kappa shape index (κ2) is 3.52. The van der Waals surface area contributed by atoms with Gasteiger partial charge in [0.15, 0.2) is 0 Å². The summed E-state index contributed by atoms with van der Waals surface area (Å²) in [7, 11) is 0. The standard InChI is InChI=1S/C11H10F2O3/c12-7-3-6-1-2-11(16,5-9(14)15)10(6)8(13)4-7/h3-4,16H,1-2,5H2,(H,14,15). The number of hydrogen-bond acceptors (Lipinski definition) is 2. The zero-order chi connectivity index (χ0) is 11.9. The highest BCUT2D eigenvalue weighted by atomic mass is 19.1. The van der Waals surface area contributed by atoms with Crippen LogP contribution in [-0.4, -0.2) is 16.2 Å². The van der Waals surface area contributed by atoms with Crippen LogP contribution >= 0.6 is 0 Å². The van der Waals surface area contributed by atoms with E-state index in [0.29, 0.717) is 11.6 Å². The molecule has 5 heteroatoms. The van der Waals surface area contributed by atoms with Crippen molar-refractivity contribution in [1.82, 2.24) is 0 Å². The van der Waals surface area contributed by atoms with Gasteiger partial charge < -0.3 is 10.2 Å². The molecule has 3 nitrogen and oxygen atoms in total. The molecule has 0 spiro atoms. The van der Waals surface area contributed by atoms with Crippen molar-refractivity contribution in [2.75, 3.05) is 0 Å². The quantitative estimate of drug-likeness (QED) is 0.807. The fourth-order valence-corrected chi connectivity index (χ4v) is 2.24. The number of carboxylic acids is 1. The van der Waals surface area contributed by atoms with Gasteiger partial charge >= 0.3 is 5.97 Å². The molecule has 1 aliphatic carbocycles. The maximum atomic E-state index is 13.5. The summed E-state index contributed by atoms with van der Waals surface area (Å²) in [6.45, 7) is 0. The molecule has 0 aromatic heterocycles. The van der Waals surface area contributed by atoms with Gasteiger partial charge in [0, 0.05) is 11.6 Å². The zero-order valence-electron chi connectivity index (χ0n) is 8.33. The van der Waals surface area contributed by atoms with Crippen LogP contribution < -0.4 is 0 Å². The van der Waals surface area contributed by atoms with Crippen molar-refractivity contribution >= 4 is 5.97 Å². The smallest absolute Gasteiger partial charge is 0.306 e. The topological polar surface area (TPSA) is 57.5 Å². The molecule has 1 atom stereocenters. The molecular weight excluding hydrogens is 218 g/mol. The lowest BCUT2D eigenvalue weighted by Crippen LogP contribution is -2.27. The van der Waals surface area contributed by atoms with Crippen molar-refractivity contribution in [3.05, 3.63) is 34.9 Å². The molecule has 0 fully saturated rings. The molecule has 0 aliphatic heterocycles. The van der Waals surface area contributed by atoms with E-state index in [4.69, 9.17) is 5.11 Å². The average Bonchev–Trinajstić information content (AvgIpc) is 2.41. The highest BCUT2D eigenvalue weighted by Gasteiger charge is 2.41. The Labute approximate surface area is 90.3 Å². The third-order valence-electron chi connectivity index (χ3n) is 2.85. The van der Waals surface area contributed by atoms with Crippen molar-refractivity contribution in [2.45, 2.75) is 24.9 Å². The molecule has 0 amide bonds. The Morgan fingerprint density at radius 1 is 1.44 bits per heavy atom. The van der Waals surface area contributed by atoms with Crippen molar-refractivity contribution in [3.63, 3.8) is 0 Å². The monoisotopic (exact) mass is 228 g/mol. The number of aryl methyl sites for hydroxylation is 1. The molecular formula is C11H10F2O3. The van der Waals surface area contributed by atoms with Gasteiger partial charge in [-0.3, -0.25) is 4.79 Å². The number of carbonyl (C=O) groups is 1. The summed E-state index contributed by atoms with van der Waals surface area (Å²) in [6.07, 6.45) is -0.175. The number of fused-ring (bicyclic) bond motifs is 1. The Hall–Kier alpha value is -1.49. The molecule has 2 rings (SSSR count). The molecule has 0 bridgehead atoms. The molecule has 1 unspecified atom stereocenters. The first-order chi connectivity index (χ1) is 7.42. The van der Waals surface area contributed by atoms with Gasteiger partial charge in [0.05, 0.1) is 6.42 Å². The number of hydrogen-bond donors (Lipinski definition) is 2. The van der Waals surface area contributed by atoms with Crippen molar-refractivity contribution in [2.24, 2.45) is 0 Å². The first kappa shape index (κ1) is 11.0. The van der Waals surface area contributed by atoms with Gasteiger partial charge in [0.2, 0.25) is 0 Å². The van der Waals surface area contributed by atoms with Crippen LogP contribution in [0.5, 0.6) is 0 Å². The van der Waals surface area contributed by atoms with Crippen LogP contribution in [0, 0.1) is 11.6 Å². The number of carboxylic acid groups (broad SMARTS) is 1. The summed E-state index contributed by atoms with van der Waals surface area (Å²) in [5.41, 5.74) is -1.43. The normalized spacial score (nSPS) is 23.2. The number of halogens is 2. The Kier molecular flexibility index (Phi) is 2.42. The van der Waals surface area contributed by atoms with Crippen LogP contribution in [0.4, 0.5) is 8.78 Å². The zero-order valence-corrected chi connectivity index (χ0v) is 8.33. The van der Waals surface area contributed by atoms with Crippen molar-refractivity contribution in [3.8, 4) is 0 Å². The van der Waals surface area contributed by atoms with Crippen LogP contribution in [0.1, 0.15) is 24.0 Å². The van der Waals surface area contributed by atoms with Crippen LogP contribution in [0.15, 0.2) is 12.1 Å². The summed E-state index contributed by atoms with van der Waals surface area (Å²) in [5.74, 6) is -2.80. The average molecular weight is 228 g/mol. The van der Waals surface area contributed by atoms with Crippen LogP contribution in [0.25, 0.3) is 0 Å². The first-order valence-electron chi connectivity index (χ1n) is 4.85. The van der Waals surface area contributed by atoms with Gasteiger partial charge in [-0.1, -0.05) is 0 Å². The Balaban J connectivity index is 2.50. The molecule has 0 saturated heterocycles. The van der Waals surface area contributed by atoms with Crippen LogP contribution in [-0.2, 0) is 16.8 Å². The Morgan fingerprint density at radius 3 is 2.75 bits per heavy atom. The fraction of sp³-hybridized carbons (Fsp3) is 0.364. The van der Waals surface area contributed by atoms with E-state index in [9.17, 15) is 18.7 Å². The van der Waals surface area contributed by atoms with Gasteiger partial charge in [-0.15, -0.1) is 0 Å². The van der Waals surface area contributed by atoms with Crippen LogP contribution in [0.3, 0.4) is 0 Å². The lowest BCUT2D eigenvalue weighted by Gasteiger charge is -2.22. The molecule has 2 N–H and O–H groups in total. The maximum Gasteiger partial charge on any atom is 0.306 e. The maximum absolute atomic E-state index is 13.5. The first-order valence-corrected chi connectivity index (χ1v) is 4.85. The minimum Gasteiger partial charge on any atom is -0.481 e. The lowest BCUT2D eigenvalue weighted by molar-refractivity contribution is -0.143. The van der Waals surface area contributed by atoms with Gasteiger partial charge in [-0.25, -0.2) is 8.78 Å².